The number of hydrogen-bond donors (Lipinski definition) is 1. The van der Waals surface area contributed by atoms with Crippen LogP contribution in [0.3, 0.4) is 0 Å². The average molecular weight is 362 g/mol. The van der Waals surface area contributed by atoms with Gasteiger partial charge in [-0.3, -0.25) is 4.79 Å². The Kier molecular flexibility index (Phi) is 4.78. The molecule has 0 saturated heterocycles. The molecule has 0 radical (unpaired) electrons. The Morgan fingerprint density at radius 3 is 2.52 bits per heavy atom. The molecule has 0 atom stereocenters. The smallest absolute Gasteiger partial charge is 0.254 e. The minimum atomic E-state index is -0.338. The maximum atomic E-state index is 13.6. The molecule has 27 heavy (non-hydrogen) atoms. The molecule has 136 valence electrons. The van der Waals surface area contributed by atoms with Crippen LogP contribution in [0.5, 0.6) is 0 Å². The summed E-state index contributed by atoms with van der Waals surface area (Å²) in [6.45, 7) is 1.72. The highest BCUT2D eigenvalue weighted by Gasteiger charge is 2.18. The van der Waals surface area contributed by atoms with E-state index in [-0.39, 0.29) is 18.3 Å². The molecule has 1 aliphatic rings. The number of carbonyl (C=O) groups is 1. The first-order valence-corrected chi connectivity index (χ1v) is 8.86. The monoisotopic (exact) mass is 362 g/mol. The lowest BCUT2D eigenvalue weighted by Crippen LogP contribution is -2.32. The van der Waals surface area contributed by atoms with E-state index in [1.165, 1.54) is 29.6 Å². The normalized spacial score (nSPS) is 13.1. The molecule has 2 heterocycles. The number of amides is 1. The number of fused-ring (bicyclic) bond motifs is 1. The summed E-state index contributed by atoms with van der Waals surface area (Å²) in [5, 5.41) is 2.70. The lowest BCUT2D eigenvalue weighted by atomic mass is 10.0. The van der Waals surface area contributed by atoms with E-state index in [2.05, 4.69) is 38.4 Å². The van der Waals surface area contributed by atoms with Crippen LogP contribution in [0.25, 0.3) is 0 Å². The van der Waals surface area contributed by atoms with Crippen molar-refractivity contribution < 1.29 is 9.18 Å². The second-order valence-corrected chi connectivity index (χ2v) is 6.49. The minimum Gasteiger partial charge on any atom is -0.348 e. The molecule has 0 bridgehead atoms. The Labute approximate surface area is 156 Å². The van der Waals surface area contributed by atoms with Crippen molar-refractivity contribution in [1.29, 1.82) is 0 Å². The SMILES string of the molecule is O=C(NCc1ccccc1F)c1cnc(N2CCc3ccccc3C2)nc1. The molecular formula is C21H19FN4O. The van der Waals surface area contributed by atoms with E-state index >= 15 is 0 Å². The molecule has 0 unspecified atom stereocenters. The van der Waals surface area contributed by atoms with Crippen molar-refractivity contribution in [3.8, 4) is 0 Å². The summed E-state index contributed by atoms with van der Waals surface area (Å²) in [6, 6.07) is 14.7. The summed E-state index contributed by atoms with van der Waals surface area (Å²) in [7, 11) is 0. The van der Waals surface area contributed by atoms with Crippen molar-refractivity contribution in [2.24, 2.45) is 0 Å². The molecule has 6 heteroatoms. The van der Waals surface area contributed by atoms with Gasteiger partial charge in [-0.25, -0.2) is 14.4 Å². The largest absolute Gasteiger partial charge is 0.348 e. The lowest BCUT2D eigenvalue weighted by molar-refractivity contribution is 0.0950. The number of nitrogens with one attached hydrogen (secondary N) is 1. The Morgan fingerprint density at radius 1 is 1.04 bits per heavy atom. The molecule has 1 N–H and O–H groups in total. The van der Waals surface area contributed by atoms with E-state index in [0.29, 0.717) is 17.1 Å². The first-order valence-electron chi connectivity index (χ1n) is 8.86. The zero-order chi connectivity index (χ0) is 18.6. The average Bonchev–Trinajstić information content (AvgIpc) is 2.73. The topological polar surface area (TPSA) is 58.1 Å². The quantitative estimate of drug-likeness (QED) is 0.775. The van der Waals surface area contributed by atoms with Gasteiger partial charge in [0.25, 0.3) is 5.91 Å². The van der Waals surface area contributed by atoms with E-state index in [1.54, 1.807) is 18.2 Å². The third-order valence-corrected chi connectivity index (χ3v) is 4.71. The van der Waals surface area contributed by atoms with Gasteiger partial charge in [-0.2, -0.15) is 0 Å². The van der Waals surface area contributed by atoms with Crippen LogP contribution in [0, 0.1) is 5.82 Å². The van der Waals surface area contributed by atoms with Gasteiger partial charge in [-0.05, 0) is 23.6 Å². The fourth-order valence-corrected chi connectivity index (χ4v) is 3.19. The van der Waals surface area contributed by atoms with Crippen molar-refractivity contribution in [1.82, 2.24) is 15.3 Å². The van der Waals surface area contributed by atoms with Crippen LogP contribution in [-0.2, 0) is 19.5 Å². The van der Waals surface area contributed by atoms with Gasteiger partial charge in [-0.15, -0.1) is 0 Å². The molecule has 0 spiro atoms. The van der Waals surface area contributed by atoms with Crippen molar-refractivity contribution >= 4 is 11.9 Å². The number of anilines is 1. The standard InChI is InChI=1S/C21H19FN4O/c22-19-8-4-3-6-16(19)11-23-20(27)18-12-24-21(25-13-18)26-10-9-15-5-1-2-7-17(15)14-26/h1-8,12-13H,9-11,14H2,(H,23,27). The van der Waals surface area contributed by atoms with Crippen LogP contribution in [0.4, 0.5) is 10.3 Å². The molecule has 0 saturated carbocycles. The Morgan fingerprint density at radius 2 is 1.74 bits per heavy atom. The highest BCUT2D eigenvalue weighted by atomic mass is 19.1. The molecule has 0 aliphatic carbocycles. The predicted octanol–water partition coefficient (Wildman–Crippen LogP) is 3.11. The predicted molar refractivity (Wildman–Crippen MR) is 101 cm³/mol. The number of carbonyl (C=O) groups excluding carboxylic acids is 1. The second-order valence-electron chi connectivity index (χ2n) is 6.49. The second kappa shape index (κ2) is 7.53. The van der Waals surface area contributed by atoms with Crippen LogP contribution >= 0.6 is 0 Å². The van der Waals surface area contributed by atoms with Gasteiger partial charge in [0.15, 0.2) is 0 Å². The first kappa shape index (κ1) is 17.1. The summed E-state index contributed by atoms with van der Waals surface area (Å²) in [5.74, 6) is -0.0567. The van der Waals surface area contributed by atoms with Gasteiger partial charge in [0, 0.05) is 37.6 Å². The molecule has 5 nitrogen and oxygen atoms in total. The number of nitrogens with zero attached hydrogens (tertiary/aromatic N) is 3. The summed E-state index contributed by atoms with van der Waals surface area (Å²) in [4.78, 5) is 23.1. The molecule has 1 amide bonds. The van der Waals surface area contributed by atoms with Crippen molar-refractivity contribution in [3.05, 3.63) is 89.0 Å². The van der Waals surface area contributed by atoms with Crippen LogP contribution in [0.1, 0.15) is 27.0 Å². The summed E-state index contributed by atoms with van der Waals surface area (Å²) < 4.78 is 13.6. The fourth-order valence-electron chi connectivity index (χ4n) is 3.19. The molecular weight excluding hydrogens is 343 g/mol. The summed E-state index contributed by atoms with van der Waals surface area (Å²) in [6.07, 6.45) is 3.98. The number of rotatable bonds is 4. The number of aromatic nitrogens is 2. The summed E-state index contributed by atoms with van der Waals surface area (Å²) in [5.41, 5.74) is 3.43. The van der Waals surface area contributed by atoms with Crippen LogP contribution < -0.4 is 10.2 Å². The van der Waals surface area contributed by atoms with Gasteiger partial charge in [0.1, 0.15) is 5.82 Å². The van der Waals surface area contributed by atoms with Crippen LogP contribution in [0.15, 0.2) is 60.9 Å². The van der Waals surface area contributed by atoms with Gasteiger partial charge in [-0.1, -0.05) is 42.5 Å². The maximum Gasteiger partial charge on any atom is 0.254 e. The zero-order valence-corrected chi connectivity index (χ0v) is 14.7. The van der Waals surface area contributed by atoms with E-state index in [9.17, 15) is 9.18 Å². The van der Waals surface area contributed by atoms with E-state index in [4.69, 9.17) is 0 Å². The van der Waals surface area contributed by atoms with E-state index in [1.807, 2.05) is 6.07 Å². The molecule has 1 aliphatic heterocycles. The number of benzene rings is 2. The van der Waals surface area contributed by atoms with Gasteiger partial charge >= 0.3 is 0 Å². The van der Waals surface area contributed by atoms with Crippen LogP contribution in [0.2, 0.25) is 0 Å². The Bertz CT molecular complexity index is 958. The van der Waals surface area contributed by atoms with Gasteiger partial charge in [0.05, 0.1) is 5.56 Å². The van der Waals surface area contributed by atoms with Crippen LogP contribution in [-0.4, -0.2) is 22.4 Å². The number of halogens is 1. The third-order valence-electron chi connectivity index (χ3n) is 4.71. The van der Waals surface area contributed by atoms with E-state index in [0.717, 1.165) is 19.5 Å². The maximum absolute atomic E-state index is 13.6. The highest BCUT2D eigenvalue weighted by molar-refractivity contribution is 5.93. The van der Waals surface area contributed by atoms with Gasteiger partial charge < -0.3 is 10.2 Å². The molecule has 0 fully saturated rings. The third kappa shape index (κ3) is 3.79. The zero-order valence-electron chi connectivity index (χ0n) is 14.7. The molecule has 2 aromatic carbocycles. The van der Waals surface area contributed by atoms with E-state index < -0.39 is 0 Å². The Balaban J connectivity index is 1.40. The summed E-state index contributed by atoms with van der Waals surface area (Å²) >= 11 is 0. The minimum absolute atomic E-state index is 0.121. The van der Waals surface area contributed by atoms with Crippen molar-refractivity contribution in [2.45, 2.75) is 19.5 Å². The number of hydrogen-bond acceptors (Lipinski definition) is 4. The van der Waals surface area contributed by atoms with Gasteiger partial charge in [0.2, 0.25) is 5.95 Å². The molecule has 3 aromatic rings. The Hall–Kier alpha value is -3.28. The van der Waals surface area contributed by atoms with Crippen molar-refractivity contribution in [3.63, 3.8) is 0 Å². The highest BCUT2D eigenvalue weighted by Crippen LogP contribution is 2.21. The fraction of sp³-hybridized carbons (Fsp3) is 0.190. The molecule has 1 aromatic heterocycles. The van der Waals surface area contributed by atoms with Crippen molar-refractivity contribution in [2.75, 3.05) is 11.4 Å². The first-order chi connectivity index (χ1) is 13.2. The molecule has 4 rings (SSSR count). The lowest BCUT2D eigenvalue weighted by Gasteiger charge is -2.28.